The molecule has 8 rings (SSSR count). The summed E-state index contributed by atoms with van der Waals surface area (Å²) in [4.78, 5) is 18.8. The highest BCUT2D eigenvalue weighted by Crippen LogP contribution is 2.46. The molecule has 0 unspecified atom stereocenters. The standard InChI is InChI=1S/C33H23BN6/c1-3-11-24(12-4-1)34-39(25-13-5-2-6-14-25)29-15-7-8-16-30(29)40(34)26-18-19-28-27(23-26)32-31(17-9-20-35-32)38(28)33-36-21-10-22-37-33/h1-23H. The summed E-state index contributed by atoms with van der Waals surface area (Å²) in [5.74, 6) is 0.632. The van der Waals surface area contributed by atoms with E-state index in [0.29, 0.717) is 5.95 Å². The average Bonchev–Trinajstić information content (AvgIpc) is 3.55. The van der Waals surface area contributed by atoms with Gasteiger partial charge in [0.25, 0.3) is 0 Å². The first kappa shape index (κ1) is 22.5. The first-order valence-electron chi connectivity index (χ1n) is 13.3. The van der Waals surface area contributed by atoms with Crippen molar-refractivity contribution >= 4 is 57.1 Å². The average molecular weight is 514 g/mol. The lowest BCUT2D eigenvalue weighted by molar-refractivity contribution is 0.987. The van der Waals surface area contributed by atoms with Crippen LogP contribution in [0.3, 0.4) is 0 Å². The molecule has 1 aliphatic rings. The van der Waals surface area contributed by atoms with E-state index < -0.39 is 0 Å². The third-order valence-electron chi connectivity index (χ3n) is 7.56. The second-order valence-electron chi connectivity index (χ2n) is 9.81. The Kier molecular flexibility index (Phi) is 5.13. The number of fused-ring (bicyclic) bond motifs is 4. The molecule has 0 aliphatic carbocycles. The lowest BCUT2D eigenvalue weighted by atomic mass is 9.64. The smallest absolute Gasteiger partial charge is 0.360 e. The lowest BCUT2D eigenvalue weighted by Crippen LogP contribution is -2.53. The van der Waals surface area contributed by atoms with Crippen molar-refractivity contribution in [2.75, 3.05) is 9.62 Å². The summed E-state index contributed by atoms with van der Waals surface area (Å²) >= 11 is 0. The summed E-state index contributed by atoms with van der Waals surface area (Å²) in [5, 5.41) is 1.06. The van der Waals surface area contributed by atoms with Crippen LogP contribution in [-0.4, -0.2) is 26.5 Å². The molecule has 3 aromatic heterocycles. The van der Waals surface area contributed by atoms with Crippen molar-refractivity contribution in [1.29, 1.82) is 0 Å². The highest BCUT2D eigenvalue weighted by molar-refractivity contribution is 6.84. The second-order valence-corrected chi connectivity index (χ2v) is 9.81. The predicted molar refractivity (Wildman–Crippen MR) is 163 cm³/mol. The van der Waals surface area contributed by atoms with Crippen LogP contribution in [0.1, 0.15) is 0 Å². The Morgan fingerprint density at radius 3 is 1.90 bits per heavy atom. The van der Waals surface area contributed by atoms with Crippen LogP contribution in [0.2, 0.25) is 0 Å². The van der Waals surface area contributed by atoms with E-state index in [0.717, 1.165) is 39.0 Å². The molecule has 7 aromatic rings. The topological polar surface area (TPSA) is 50.1 Å². The third-order valence-corrected chi connectivity index (χ3v) is 7.56. The number of anilines is 4. The zero-order chi connectivity index (χ0) is 26.5. The largest absolute Gasteiger partial charge is 0.420 e. The van der Waals surface area contributed by atoms with Gasteiger partial charge < -0.3 is 9.62 Å². The van der Waals surface area contributed by atoms with Crippen molar-refractivity contribution in [2.24, 2.45) is 0 Å². The van der Waals surface area contributed by atoms with Crippen molar-refractivity contribution in [1.82, 2.24) is 19.5 Å². The van der Waals surface area contributed by atoms with Gasteiger partial charge in [0, 0.05) is 35.4 Å². The fourth-order valence-corrected chi connectivity index (χ4v) is 5.92. The second kappa shape index (κ2) is 9.10. The minimum absolute atomic E-state index is 0.0720. The molecule has 0 atom stereocenters. The molecule has 40 heavy (non-hydrogen) atoms. The maximum atomic E-state index is 4.80. The van der Waals surface area contributed by atoms with Gasteiger partial charge in [0.15, 0.2) is 0 Å². The molecule has 4 aromatic carbocycles. The summed E-state index contributed by atoms with van der Waals surface area (Å²) < 4.78 is 2.09. The maximum absolute atomic E-state index is 4.80. The molecule has 0 saturated carbocycles. The monoisotopic (exact) mass is 514 g/mol. The van der Waals surface area contributed by atoms with E-state index >= 15 is 0 Å². The van der Waals surface area contributed by atoms with Crippen LogP contribution in [0.15, 0.2) is 140 Å². The highest BCUT2D eigenvalue weighted by Gasteiger charge is 2.43. The highest BCUT2D eigenvalue weighted by atomic mass is 15.3. The van der Waals surface area contributed by atoms with E-state index in [2.05, 4.69) is 133 Å². The molecule has 0 radical (unpaired) electrons. The zero-order valence-electron chi connectivity index (χ0n) is 21.5. The van der Waals surface area contributed by atoms with Crippen LogP contribution < -0.4 is 15.1 Å². The van der Waals surface area contributed by atoms with Gasteiger partial charge in [0.1, 0.15) is 0 Å². The van der Waals surface area contributed by atoms with Gasteiger partial charge in [-0.15, -0.1) is 0 Å². The first-order chi connectivity index (χ1) is 19.9. The van der Waals surface area contributed by atoms with Crippen LogP contribution in [0.5, 0.6) is 0 Å². The normalized spacial score (nSPS) is 12.8. The Morgan fingerprint density at radius 1 is 0.500 bits per heavy atom. The third kappa shape index (κ3) is 3.41. The van der Waals surface area contributed by atoms with Gasteiger partial charge in [-0.3, -0.25) is 9.55 Å². The van der Waals surface area contributed by atoms with Crippen molar-refractivity contribution in [3.05, 3.63) is 140 Å². The van der Waals surface area contributed by atoms with Crippen molar-refractivity contribution in [3.8, 4) is 5.95 Å². The van der Waals surface area contributed by atoms with Gasteiger partial charge >= 0.3 is 6.98 Å². The van der Waals surface area contributed by atoms with Gasteiger partial charge in [0.2, 0.25) is 5.95 Å². The Bertz CT molecular complexity index is 1980. The zero-order valence-corrected chi connectivity index (χ0v) is 21.5. The van der Waals surface area contributed by atoms with Gasteiger partial charge in [-0.2, -0.15) is 0 Å². The number of aromatic nitrogens is 4. The molecule has 6 nitrogen and oxygen atoms in total. The van der Waals surface area contributed by atoms with Gasteiger partial charge in [0.05, 0.1) is 27.9 Å². The summed E-state index contributed by atoms with van der Waals surface area (Å²) in [5.41, 5.74) is 8.69. The van der Waals surface area contributed by atoms with E-state index in [4.69, 9.17) is 4.98 Å². The molecule has 0 N–H and O–H groups in total. The quantitative estimate of drug-likeness (QED) is 0.246. The van der Waals surface area contributed by atoms with E-state index in [1.807, 2.05) is 18.3 Å². The first-order valence-corrected chi connectivity index (χ1v) is 13.3. The summed E-state index contributed by atoms with van der Waals surface area (Å²) in [7, 11) is 0. The Balaban J connectivity index is 1.38. The van der Waals surface area contributed by atoms with Crippen LogP contribution in [0.4, 0.5) is 22.7 Å². The Labute approximate surface area is 231 Å². The SMILES string of the molecule is c1ccc(B2N(c3ccccc3)c3ccccc3N2c2ccc3c(c2)c2ncccc2n3-c2ncccn2)cc1. The van der Waals surface area contributed by atoms with Gasteiger partial charge in [-0.05, 0) is 66.1 Å². The number of benzene rings is 4. The minimum Gasteiger partial charge on any atom is -0.360 e. The Hall–Kier alpha value is -5.43. The van der Waals surface area contributed by atoms with Crippen molar-refractivity contribution < 1.29 is 0 Å². The number of nitrogens with zero attached hydrogens (tertiary/aromatic N) is 6. The van der Waals surface area contributed by atoms with Gasteiger partial charge in [-0.1, -0.05) is 60.7 Å². The molecular formula is C33H23BN6. The number of hydrogen-bond acceptors (Lipinski definition) is 5. The van der Waals surface area contributed by atoms with Crippen LogP contribution in [0.25, 0.3) is 27.9 Å². The Morgan fingerprint density at radius 2 is 1.15 bits per heavy atom. The molecule has 7 heteroatoms. The predicted octanol–water partition coefficient (Wildman–Crippen LogP) is 6.65. The van der Waals surface area contributed by atoms with Crippen molar-refractivity contribution in [2.45, 2.75) is 0 Å². The molecule has 0 amide bonds. The number of pyridine rings is 1. The van der Waals surface area contributed by atoms with Crippen LogP contribution >= 0.6 is 0 Å². The number of para-hydroxylation sites is 3. The summed E-state index contributed by atoms with van der Waals surface area (Å²) in [6.45, 7) is -0.0720. The van der Waals surface area contributed by atoms with Gasteiger partial charge in [-0.25, -0.2) is 9.97 Å². The number of hydrogen-bond donors (Lipinski definition) is 0. The molecule has 0 spiro atoms. The van der Waals surface area contributed by atoms with Crippen molar-refractivity contribution in [3.63, 3.8) is 0 Å². The fourth-order valence-electron chi connectivity index (χ4n) is 5.92. The summed E-state index contributed by atoms with van der Waals surface area (Å²) in [6, 6.07) is 42.4. The molecular weight excluding hydrogens is 491 g/mol. The molecule has 0 fully saturated rings. The molecule has 188 valence electrons. The molecule has 0 saturated heterocycles. The van der Waals surface area contributed by atoms with E-state index in [1.165, 1.54) is 11.2 Å². The van der Waals surface area contributed by atoms with E-state index in [9.17, 15) is 0 Å². The maximum Gasteiger partial charge on any atom is 0.420 e. The minimum atomic E-state index is -0.0720. The lowest BCUT2D eigenvalue weighted by Gasteiger charge is -2.30. The van der Waals surface area contributed by atoms with Crippen LogP contribution in [0, 0.1) is 0 Å². The molecule has 1 aliphatic heterocycles. The molecule has 0 bridgehead atoms. The van der Waals surface area contributed by atoms with E-state index in [1.54, 1.807) is 12.4 Å². The number of rotatable bonds is 4. The van der Waals surface area contributed by atoms with Crippen LogP contribution in [-0.2, 0) is 0 Å². The molecule has 4 heterocycles. The fraction of sp³-hybridized carbons (Fsp3) is 0. The van der Waals surface area contributed by atoms with E-state index in [-0.39, 0.29) is 6.98 Å². The summed E-state index contributed by atoms with van der Waals surface area (Å²) in [6.07, 6.45) is 5.39.